The maximum atomic E-state index is 6.05. The molecule has 0 aromatic heterocycles. The molecule has 0 aromatic carbocycles. The molecule has 3 unspecified atom stereocenters. The van der Waals surface area contributed by atoms with Crippen LogP contribution in [0.2, 0.25) is 0 Å². The average molecular weight is 226 g/mol. The van der Waals surface area contributed by atoms with Crippen LogP contribution in [0.25, 0.3) is 0 Å². The SMILES string of the molecule is CC1C(C)(CN)CC(C)(C)CC1(C)N(C)C. The first-order valence-corrected chi connectivity index (χ1v) is 6.45. The molecular formula is C14H30N2. The zero-order valence-electron chi connectivity index (χ0n) is 12.2. The normalized spacial score (nSPS) is 43.7. The molecule has 2 heteroatoms. The third-order valence-corrected chi connectivity index (χ3v) is 5.19. The van der Waals surface area contributed by atoms with Gasteiger partial charge in [0.2, 0.25) is 0 Å². The van der Waals surface area contributed by atoms with Crippen molar-refractivity contribution in [2.45, 2.75) is 53.0 Å². The van der Waals surface area contributed by atoms with Crippen molar-refractivity contribution in [2.24, 2.45) is 22.5 Å². The predicted octanol–water partition coefficient (Wildman–Crippen LogP) is 2.73. The summed E-state index contributed by atoms with van der Waals surface area (Å²) in [7, 11) is 4.41. The highest BCUT2D eigenvalue weighted by Gasteiger charge is 2.52. The Morgan fingerprint density at radius 3 is 2.00 bits per heavy atom. The van der Waals surface area contributed by atoms with E-state index in [1.165, 1.54) is 12.8 Å². The van der Waals surface area contributed by atoms with Crippen molar-refractivity contribution >= 4 is 0 Å². The Bertz CT molecular complexity index is 259. The molecule has 1 saturated carbocycles. The van der Waals surface area contributed by atoms with Crippen LogP contribution in [-0.4, -0.2) is 31.1 Å². The summed E-state index contributed by atoms with van der Waals surface area (Å²) in [5.41, 5.74) is 6.96. The number of hydrogen-bond donors (Lipinski definition) is 1. The maximum Gasteiger partial charge on any atom is 0.0211 e. The first kappa shape index (κ1) is 14.0. The highest BCUT2D eigenvalue weighted by molar-refractivity contribution is 5.06. The highest BCUT2D eigenvalue weighted by atomic mass is 15.2. The molecule has 2 nitrogen and oxygen atoms in total. The number of hydrogen-bond acceptors (Lipinski definition) is 2. The third-order valence-electron chi connectivity index (χ3n) is 5.19. The standard InChI is InChI=1S/C14H30N2/c1-11-13(4,10-15)8-12(2,3)9-14(11,5)16(6)7/h11H,8-10,15H2,1-7H3. The van der Waals surface area contributed by atoms with Crippen molar-refractivity contribution in [3.63, 3.8) is 0 Å². The summed E-state index contributed by atoms with van der Waals surface area (Å²) in [5, 5.41) is 0. The van der Waals surface area contributed by atoms with Crippen molar-refractivity contribution in [1.82, 2.24) is 4.90 Å². The Labute approximate surface area is 102 Å². The zero-order valence-corrected chi connectivity index (χ0v) is 12.2. The fraction of sp³-hybridized carbons (Fsp3) is 1.00. The Balaban J connectivity index is 3.13. The maximum absolute atomic E-state index is 6.05. The summed E-state index contributed by atoms with van der Waals surface area (Å²) in [6, 6.07) is 0. The van der Waals surface area contributed by atoms with Gasteiger partial charge in [0, 0.05) is 5.54 Å². The molecule has 0 amide bonds. The monoisotopic (exact) mass is 226 g/mol. The molecule has 1 aliphatic carbocycles. The molecule has 1 rings (SSSR count). The van der Waals surface area contributed by atoms with Crippen LogP contribution in [0.15, 0.2) is 0 Å². The van der Waals surface area contributed by atoms with E-state index in [1.54, 1.807) is 0 Å². The van der Waals surface area contributed by atoms with E-state index >= 15 is 0 Å². The van der Waals surface area contributed by atoms with Crippen molar-refractivity contribution < 1.29 is 0 Å². The minimum Gasteiger partial charge on any atom is -0.330 e. The number of nitrogens with two attached hydrogens (primary N) is 1. The summed E-state index contributed by atoms with van der Waals surface area (Å²) in [5.74, 6) is 0.632. The Morgan fingerprint density at radius 2 is 1.62 bits per heavy atom. The molecule has 16 heavy (non-hydrogen) atoms. The van der Waals surface area contributed by atoms with Crippen molar-refractivity contribution in [2.75, 3.05) is 20.6 Å². The van der Waals surface area contributed by atoms with E-state index < -0.39 is 0 Å². The van der Waals surface area contributed by atoms with E-state index in [1.807, 2.05) is 0 Å². The molecule has 96 valence electrons. The van der Waals surface area contributed by atoms with Crippen LogP contribution in [0.3, 0.4) is 0 Å². The molecular weight excluding hydrogens is 196 g/mol. The zero-order chi connectivity index (χ0) is 12.8. The first-order chi connectivity index (χ1) is 7.07. The highest BCUT2D eigenvalue weighted by Crippen LogP contribution is 2.54. The topological polar surface area (TPSA) is 29.3 Å². The van der Waals surface area contributed by atoms with Crippen LogP contribution in [0.1, 0.15) is 47.5 Å². The lowest BCUT2D eigenvalue weighted by atomic mass is 9.52. The molecule has 0 aliphatic heterocycles. The predicted molar refractivity (Wildman–Crippen MR) is 71.4 cm³/mol. The number of nitrogens with zero attached hydrogens (tertiary/aromatic N) is 1. The van der Waals surface area contributed by atoms with Gasteiger partial charge in [0.25, 0.3) is 0 Å². The van der Waals surface area contributed by atoms with Gasteiger partial charge in [0.05, 0.1) is 0 Å². The van der Waals surface area contributed by atoms with Crippen molar-refractivity contribution in [3.05, 3.63) is 0 Å². The second-order valence-electron chi connectivity index (χ2n) is 7.35. The largest absolute Gasteiger partial charge is 0.330 e. The summed E-state index contributed by atoms with van der Waals surface area (Å²) >= 11 is 0. The molecule has 1 aliphatic rings. The van der Waals surface area contributed by atoms with E-state index in [2.05, 4.69) is 53.6 Å². The van der Waals surface area contributed by atoms with Gasteiger partial charge in [0.1, 0.15) is 0 Å². The molecule has 1 fully saturated rings. The molecule has 0 aromatic rings. The van der Waals surface area contributed by atoms with Gasteiger partial charge < -0.3 is 10.6 Å². The lowest BCUT2D eigenvalue weighted by molar-refractivity contribution is -0.0739. The van der Waals surface area contributed by atoms with E-state index in [9.17, 15) is 0 Å². The molecule has 2 N–H and O–H groups in total. The summed E-state index contributed by atoms with van der Waals surface area (Å²) in [6.07, 6.45) is 2.49. The van der Waals surface area contributed by atoms with Crippen LogP contribution < -0.4 is 5.73 Å². The molecule has 3 atom stereocenters. The van der Waals surface area contributed by atoms with Crippen molar-refractivity contribution in [3.8, 4) is 0 Å². The minimum absolute atomic E-state index is 0.260. The minimum atomic E-state index is 0.260. The second-order valence-corrected chi connectivity index (χ2v) is 7.35. The summed E-state index contributed by atoms with van der Waals surface area (Å²) in [4.78, 5) is 2.40. The summed E-state index contributed by atoms with van der Waals surface area (Å²) in [6.45, 7) is 12.7. The first-order valence-electron chi connectivity index (χ1n) is 6.45. The second kappa shape index (κ2) is 3.99. The molecule has 0 heterocycles. The molecule has 0 radical (unpaired) electrons. The van der Waals surface area contributed by atoms with Gasteiger partial charge in [0.15, 0.2) is 0 Å². The Kier molecular flexibility index (Phi) is 3.49. The van der Waals surface area contributed by atoms with E-state index in [0.717, 1.165) is 6.54 Å². The van der Waals surface area contributed by atoms with Crippen LogP contribution in [0.4, 0.5) is 0 Å². The van der Waals surface area contributed by atoms with E-state index in [0.29, 0.717) is 11.3 Å². The van der Waals surface area contributed by atoms with Gasteiger partial charge in [-0.2, -0.15) is 0 Å². The lowest BCUT2D eigenvalue weighted by Crippen LogP contribution is -2.60. The number of rotatable bonds is 2. The van der Waals surface area contributed by atoms with Gasteiger partial charge in [-0.25, -0.2) is 0 Å². The van der Waals surface area contributed by atoms with Crippen LogP contribution in [0, 0.1) is 16.7 Å². The molecule has 0 spiro atoms. The summed E-state index contributed by atoms with van der Waals surface area (Å²) < 4.78 is 0. The van der Waals surface area contributed by atoms with Gasteiger partial charge in [-0.1, -0.05) is 27.7 Å². The molecule has 0 bridgehead atoms. The fourth-order valence-electron chi connectivity index (χ4n) is 3.98. The Hall–Kier alpha value is -0.0800. The Morgan fingerprint density at radius 1 is 1.12 bits per heavy atom. The quantitative estimate of drug-likeness (QED) is 0.784. The lowest BCUT2D eigenvalue weighted by Gasteiger charge is -2.59. The van der Waals surface area contributed by atoms with Gasteiger partial charge in [-0.3, -0.25) is 0 Å². The van der Waals surface area contributed by atoms with Crippen LogP contribution in [-0.2, 0) is 0 Å². The fourth-order valence-corrected chi connectivity index (χ4v) is 3.98. The van der Waals surface area contributed by atoms with Gasteiger partial charge in [-0.05, 0) is 57.2 Å². The van der Waals surface area contributed by atoms with Crippen LogP contribution in [0.5, 0.6) is 0 Å². The van der Waals surface area contributed by atoms with Crippen molar-refractivity contribution in [1.29, 1.82) is 0 Å². The van der Waals surface area contributed by atoms with E-state index in [4.69, 9.17) is 5.73 Å². The van der Waals surface area contributed by atoms with Crippen LogP contribution >= 0.6 is 0 Å². The average Bonchev–Trinajstić information content (AvgIpc) is 2.12. The van der Waals surface area contributed by atoms with E-state index in [-0.39, 0.29) is 11.0 Å². The molecule has 0 saturated heterocycles. The third kappa shape index (κ3) is 2.14. The van der Waals surface area contributed by atoms with Gasteiger partial charge in [-0.15, -0.1) is 0 Å². The smallest absolute Gasteiger partial charge is 0.0211 e. The van der Waals surface area contributed by atoms with Gasteiger partial charge >= 0.3 is 0 Å².